The minimum atomic E-state index is -4.12. The predicted molar refractivity (Wildman–Crippen MR) is 136 cm³/mol. The first kappa shape index (κ1) is 25.0. The van der Waals surface area contributed by atoms with Crippen LogP contribution >= 0.6 is 0 Å². The molecule has 36 heavy (non-hydrogen) atoms. The molecule has 9 heteroatoms. The van der Waals surface area contributed by atoms with Crippen LogP contribution in [0.1, 0.15) is 0 Å². The average Bonchev–Trinajstić information content (AvgIpc) is 2.90. The fraction of sp³-hybridized carbons (Fsp3) is 0.148. The van der Waals surface area contributed by atoms with Gasteiger partial charge in [0, 0.05) is 5.39 Å². The van der Waals surface area contributed by atoms with E-state index >= 15 is 0 Å². The van der Waals surface area contributed by atoms with Crippen LogP contribution in [0, 0.1) is 5.82 Å². The van der Waals surface area contributed by atoms with Gasteiger partial charge >= 0.3 is 0 Å². The molecule has 0 saturated carbocycles. The molecule has 0 radical (unpaired) electrons. The molecular weight excluding hydrogens is 483 g/mol. The van der Waals surface area contributed by atoms with Crippen molar-refractivity contribution in [3.05, 3.63) is 96.8 Å². The molecule has 0 aliphatic carbocycles. The third kappa shape index (κ3) is 5.75. The lowest BCUT2D eigenvalue weighted by Crippen LogP contribution is -2.41. The molecule has 4 aromatic carbocycles. The van der Waals surface area contributed by atoms with Gasteiger partial charge in [0.15, 0.2) is 0 Å². The molecule has 0 heterocycles. The Morgan fingerprint density at radius 3 is 2.33 bits per heavy atom. The Balaban J connectivity index is 1.45. The lowest BCUT2D eigenvalue weighted by Gasteiger charge is -2.24. The number of hydrogen-bond acceptors (Lipinski definition) is 5. The van der Waals surface area contributed by atoms with Gasteiger partial charge in [-0.05, 0) is 60.0 Å². The Bertz CT molecular complexity index is 1440. The zero-order valence-corrected chi connectivity index (χ0v) is 20.4. The summed E-state index contributed by atoms with van der Waals surface area (Å²) in [5, 5.41) is 4.69. The van der Waals surface area contributed by atoms with Crippen molar-refractivity contribution >= 4 is 32.4 Å². The van der Waals surface area contributed by atoms with Gasteiger partial charge in [0.25, 0.3) is 10.0 Å². The summed E-state index contributed by atoms with van der Waals surface area (Å²) in [4.78, 5) is 12.7. The zero-order valence-electron chi connectivity index (χ0n) is 19.6. The number of ether oxygens (including phenoxy) is 2. The number of nitrogens with zero attached hydrogens (tertiary/aromatic N) is 1. The maximum atomic E-state index is 13.5. The molecule has 1 amide bonds. The molecule has 0 bridgehead atoms. The summed E-state index contributed by atoms with van der Waals surface area (Å²) < 4.78 is 52.1. The second-order valence-corrected chi connectivity index (χ2v) is 9.70. The molecule has 4 rings (SSSR count). The van der Waals surface area contributed by atoms with Crippen molar-refractivity contribution in [3.8, 4) is 11.5 Å². The van der Waals surface area contributed by atoms with Crippen molar-refractivity contribution in [1.82, 2.24) is 5.32 Å². The number of sulfonamides is 1. The number of halogens is 1. The monoisotopic (exact) mass is 508 g/mol. The molecule has 0 aliphatic heterocycles. The molecule has 0 spiro atoms. The summed E-state index contributed by atoms with van der Waals surface area (Å²) in [5.74, 6) is 0.136. The SMILES string of the molecule is COc1ccc(S(=O)(=O)N(CC(=O)NCCOc2cccc3ccccc23)c2ccc(F)cc2)cc1. The molecule has 0 unspecified atom stereocenters. The van der Waals surface area contributed by atoms with E-state index < -0.39 is 28.3 Å². The van der Waals surface area contributed by atoms with E-state index in [1.54, 1.807) is 0 Å². The van der Waals surface area contributed by atoms with Crippen LogP contribution in [0.2, 0.25) is 0 Å². The van der Waals surface area contributed by atoms with Crippen molar-refractivity contribution in [2.24, 2.45) is 0 Å². The van der Waals surface area contributed by atoms with Crippen LogP contribution in [-0.4, -0.2) is 41.1 Å². The van der Waals surface area contributed by atoms with Crippen LogP contribution in [0.5, 0.6) is 11.5 Å². The second kappa shape index (κ2) is 11.1. The van der Waals surface area contributed by atoms with Gasteiger partial charge in [0.05, 0.1) is 24.2 Å². The summed E-state index contributed by atoms with van der Waals surface area (Å²) >= 11 is 0. The number of rotatable bonds is 10. The number of carbonyl (C=O) groups excluding carboxylic acids is 1. The van der Waals surface area contributed by atoms with Gasteiger partial charge in [-0.1, -0.05) is 36.4 Å². The summed E-state index contributed by atoms with van der Waals surface area (Å²) in [6.45, 7) is -0.127. The molecular formula is C27H25FN2O5S. The van der Waals surface area contributed by atoms with Gasteiger partial charge in [-0.3, -0.25) is 9.10 Å². The van der Waals surface area contributed by atoms with Gasteiger partial charge in [0.2, 0.25) is 5.91 Å². The first-order valence-corrected chi connectivity index (χ1v) is 12.6. The van der Waals surface area contributed by atoms with Gasteiger partial charge in [0.1, 0.15) is 30.5 Å². The van der Waals surface area contributed by atoms with Crippen LogP contribution in [0.3, 0.4) is 0 Å². The van der Waals surface area contributed by atoms with E-state index in [4.69, 9.17) is 9.47 Å². The van der Waals surface area contributed by atoms with Gasteiger partial charge < -0.3 is 14.8 Å². The van der Waals surface area contributed by atoms with E-state index in [0.29, 0.717) is 11.5 Å². The molecule has 0 atom stereocenters. The second-order valence-electron chi connectivity index (χ2n) is 7.84. The largest absolute Gasteiger partial charge is 0.497 e. The minimum Gasteiger partial charge on any atom is -0.497 e. The lowest BCUT2D eigenvalue weighted by atomic mass is 10.1. The number of methoxy groups -OCH3 is 1. The van der Waals surface area contributed by atoms with Crippen LogP contribution in [0.15, 0.2) is 95.9 Å². The summed E-state index contributed by atoms with van der Waals surface area (Å²) in [6, 6.07) is 24.2. The van der Waals surface area contributed by atoms with Gasteiger partial charge in [-0.25, -0.2) is 12.8 Å². The number of fused-ring (bicyclic) bond motifs is 1. The maximum Gasteiger partial charge on any atom is 0.264 e. The van der Waals surface area contributed by atoms with Crippen molar-refractivity contribution in [1.29, 1.82) is 0 Å². The molecule has 0 fully saturated rings. The number of anilines is 1. The Kier molecular flexibility index (Phi) is 7.70. The number of carbonyl (C=O) groups is 1. The van der Waals surface area contributed by atoms with E-state index in [1.165, 1.54) is 43.5 Å². The van der Waals surface area contributed by atoms with Crippen molar-refractivity contribution in [2.75, 3.05) is 31.1 Å². The summed E-state index contributed by atoms with van der Waals surface area (Å²) in [7, 11) is -2.65. The first-order valence-electron chi connectivity index (χ1n) is 11.2. The fourth-order valence-corrected chi connectivity index (χ4v) is 5.08. The van der Waals surface area contributed by atoms with Gasteiger partial charge in [-0.2, -0.15) is 0 Å². The first-order chi connectivity index (χ1) is 17.4. The van der Waals surface area contributed by atoms with E-state index in [2.05, 4.69) is 5.32 Å². The average molecular weight is 509 g/mol. The molecule has 1 N–H and O–H groups in total. The van der Waals surface area contributed by atoms with Gasteiger partial charge in [-0.15, -0.1) is 0 Å². The minimum absolute atomic E-state index is 0.0280. The smallest absolute Gasteiger partial charge is 0.264 e. The van der Waals surface area contributed by atoms with Crippen LogP contribution in [0.25, 0.3) is 10.8 Å². The molecule has 0 aromatic heterocycles. The number of nitrogens with one attached hydrogen (secondary N) is 1. The Hall–Kier alpha value is -4.11. The van der Waals surface area contributed by atoms with Crippen molar-refractivity contribution in [2.45, 2.75) is 4.90 Å². The molecule has 4 aromatic rings. The highest BCUT2D eigenvalue weighted by molar-refractivity contribution is 7.92. The van der Waals surface area contributed by atoms with Crippen LogP contribution in [-0.2, 0) is 14.8 Å². The van der Waals surface area contributed by atoms with E-state index in [0.717, 1.165) is 27.2 Å². The van der Waals surface area contributed by atoms with E-state index in [-0.39, 0.29) is 23.7 Å². The quantitative estimate of drug-likeness (QED) is 0.322. The third-order valence-corrected chi connectivity index (χ3v) is 7.27. The molecule has 0 aliphatic rings. The lowest BCUT2D eigenvalue weighted by molar-refractivity contribution is -0.119. The summed E-state index contributed by atoms with van der Waals surface area (Å²) in [6.07, 6.45) is 0. The number of hydrogen-bond donors (Lipinski definition) is 1. The highest BCUT2D eigenvalue weighted by Crippen LogP contribution is 2.26. The van der Waals surface area contributed by atoms with E-state index in [1.807, 2.05) is 42.5 Å². The molecule has 186 valence electrons. The zero-order chi connectivity index (χ0) is 25.5. The van der Waals surface area contributed by atoms with Crippen molar-refractivity contribution < 1.29 is 27.1 Å². The predicted octanol–water partition coefficient (Wildman–Crippen LogP) is 4.38. The van der Waals surface area contributed by atoms with Crippen LogP contribution in [0.4, 0.5) is 10.1 Å². The topological polar surface area (TPSA) is 84.9 Å². The highest BCUT2D eigenvalue weighted by atomic mass is 32.2. The normalized spacial score (nSPS) is 11.2. The summed E-state index contributed by atoms with van der Waals surface area (Å²) in [5.41, 5.74) is 0.161. The van der Waals surface area contributed by atoms with E-state index in [9.17, 15) is 17.6 Å². The number of amides is 1. The maximum absolute atomic E-state index is 13.5. The third-order valence-electron chi connectivity index (χ3n) is 5.48. The highest BCUT2D eigenvalue weighted by Gasteiger charge is 2.27. The Morgan fingerprint density at radius 2 is 1.61 bits per heavy atom. The fourth-order valence-electron chi connectivity index (χ4n) is 3.66. The van der Waals surface area contributed by atoms with Crippen LogP contribution < -0.4 is 19.1 Å². The number of benzene rings is 4. The van der Waals surface area contributed by atoms with Crippen molar-refractivity contribution in [3.63, 3.8) is 0 Å². The molecule has 0 saturated heterocycles. The Labute approximate surface area is 209 Å². The standard InChI is InChI=1S/C27H25FN2O5S/c1-34-23-13-15-24(16-14-23)36(32,33)30(22-11-9-21(28)10-12-22)19-27(31)29-17-18-35-26-8-4-6-20-5-2-3-7-25(20)26/h2-16H,17-19H2,1H3,(H,29,31). The Morgan fingerprint density at radius 1 is 0.917 bits per heavy atom. The molecule has 7 nitrogen and oxygen atoms in total.